The van der Waals surface area contributed by atoms with Crippen LogP contribution in [0.3, 0.4) is 0 Å². The number of hydrogen-bond donors (Lipinski definition) is 1. The van der Waals surface area contributed by atoms with E-state index >= 15 is 0 Å². The molecule has 1 N–H and O–H groups in total. The number of aromatic nitrogens is 4. The highest BCUT2D eigenvalue weighted by atomic mass is 35.5. The molecule has 298 valence electrons. The molecule has 7 rings (SSSR count). The molecule has 2 aliphatic heterocycles. The van der Waals surface area contributed by atoms with Crippen molar-refractivity contribution >= 4 is 34.4 Å². The van der Waals surface area contributed by atoms with Crippen molar-refractivity contribution < 1.29 is 19.2 Å². The minimum absolute atomic E-state index is 0.0510. The summed E-state index contributed by atoms with van der Waals surface area (Å²) in [5.41, 5.74) is 3.98. The molecule has 15 nitrogen and oxygen atoms in total. The van der Waals surface area contributed by atoms with E-state index < -0.39 is 4.92 Å². The quantitative estimate of drug-likeness (QED) is 0.113. The molecule has 0 atom stereocenters. The number of piperazine rings is 1. The highest BCUT2D eigenvalue weighted by Gasteiger charge is 2.47. The summed E-state index contributed by atoms with van der Waals surface area (Å²) in [5, 5.41) is 20.6. The topological polar surface area (TPSA) is 147 Å². The maximum absolute atomic E-state index is 14.1. The number of rotatable bonds is 13. The minimum Gasteiger partial charge on any atom is -0.493 e. The SMILES string of the molecule is COc1cc2c(cc1OC)[C@]1(CC[C@@H](C(=O)N3CCN(c4ncnc5c4cnn5Cc4ccccc4Cl)CC3)CC1)N(CCCN/C(=C/[N+](=O)[O-])N(C)C)CC2. The molecule has 2 aromatic carbocycles. The van der Waals surface area contributed by atoms with E-state index in [1.807, 2.05) is 40.0 Å². The zero-order chi connectivity index (χ0) is 39.4. The van der Waals surface area contributed by atoms with Crippen LogP contribution >= 0.6 is 11.6 Å². The number of amides is 1. The fourth-order valence-corrected chi connectivity index (χ4v) is 8.99. The Morgan fingerprint density at radius 2 is 1.80 bits per heavy atom. The number of hydrogen-bond acceptors (Lipinski definition) is 12. The molecule has 1 spiro atoms. The Morgan fingerprint density at radius 1 is 1.07 bits per heavy atom. The average molecular weight is 787 g/mol. The summed E-state index contributed by atoms with van der Waals surface area (Å²) in [4.78, 5) is 42.6. The lowest BCUT2D eigenvalue weighted by molar-refractivity contribution is -0.404. The maximum atomic E-state index is 14.1. The number of nitrogens with one attached hydrogen (secondary N) is 1. The third-order valence-electron chi connectivity index (χ3n) is 11.7. The van der Waals surface area contributed by atoms with E-state index in [9.17, 15) is 14.9 Å². The molecular formula is C40H51ClN10O5. The Morgan fingerprint density at radius 3 is 2.50 bits per heavy atom. The van der Waals surface area contributed by atoms with Crippen molar-refractivity contribution in [3.8, 4) is 11.5 Å². The molecule has 0 radical (unpaired) electrons. The molecule has 1 saturated carbocycles. The normalized spacial score (nSPS) is 20.2. The van der Waals surface area contributed by atoms with E-state index in [0.717, 1.165) is 86.0 Å². The Kier molecular flexibility index (Phi) is 11.8. The molecule has 1 saturated heterocycles. The number of methoxy groups -OCH3 is 2. The number of carbonyl (C=O) groups is 1. The number of carbonyl (C=O) groups excluding carboxylic acids is 1. The Bertz CT molecular complexity index is 2070. The molecule has 1 amide bonds. The number of nitrogens with zero attached hydrogens (tertiary/aromatic N) is 9. The highest BCUT2D eigenvalue weighted by molar-refractivity contribution is 6.31. The van der Waals surface area contributed by atoms with Crippen LogP contribution in [0.15, 0.2) is 60.9 Å². The van der Waals surface area contributed by atoms with Gasteiger partial charge < -0.3 is 29.5 Å². The maximum Gasteiger partial charge on any atom is 0.274 e. The van der Waals surface area contributed by atoms with Crippen LogP contribution < -0.4 is 19.7 Å². The summed E-state index contributed by atoms with van der Waals surface area (Å²) >= 11 is 6.43. The van der Waals surface area contributed by atoms with Crippen LogP contribution in [0.2, 0.25) is 5.02 Å². The summed E-state index contributed by atoms with van der Waals surface area (Å²) in [6.07, 6.45) is 9.36. The summed E-state index contributed by atoms with van der Waals surface area (Å²) < 4.78 is 13.3. The standard InChI is InChI=1S/C40H51ClN10O5/c1-46(2)36(26-51(53)54)42-15-7-16-49-17-12-29-22-34(55-3)35(56-4)23-32(29)40(49)13-10-28(11-14-40)39(52)48-20-18-47(19-21-48)37-31-24-45-50(38(31)44-27-43-37)25-30-8-5-6-9-33(30)41/h5-6,8-9,22-24,26-28,42H,7,10-21,25H2,1-4H3/b36-26-/t28-,40-. The van der Waals surface area contributed by atoms with Crippen LogP contribution in [-0.2, 0) is 23.3 Å². The van der Waals surface area contributed by atoms with Gasteiger partial charge in [-0.15, -0.1) is 0 Å². The molecule has 3 aliphatic rings. The zero-order valence-corrected chi connectivity index (χ0v) is 33.4. The third kappa shape index (κ3) is 7.92. The molecule has 56 heavy (non-hydrogen) atoms. The van der Waals surface area contributed by atoms with E-state index in [1.165, 1.54) is 11.1 Å². The average Bonchev–Trinajstić information content (AvgIpc) is 3.62. The number of nitro groups is 1. The second kappa shape index (κ2) is 16.9. The van der Waals surface area contributed by atoms with Crippen LogP contribution in [-0.4, -0.2) is 119 Å². The first-order chi connectivity index (χ1) is 27.1. The molecule has 2 aromatic heterocycles. The van der Waals surface area contributed by atoms with Crippen LogP contribution in [0.5, 0.6) is 11.5 Å². The van der Waals surface area contributed by atoms with Crippen molar-refractivity contribution in [2.75, 3.05) is 79.0 Å². The molecule has 0 bridgehead atoms. The van der Waals surface area contributed by atoms with Gasteiger partial charge in [0.05, 0.1) is 37.3 Å². The van der Waals surface area contributed by atoms with Gasteiger partial charge in [0.2, 0.25) is 5.91 Å². The summed E-state index contributed by atoms with van der Waals surface area (Å²) in [5.74, 6) is 2.91. The summed E-state index contributed by atoms with van der Waals surface area (Å²) in [6, 6.07) is 12.0. The largest absolute Gasteiger partial charge is 0.493 e. The van der Waals surface area contributed by atoms with Gasteiger partial charge in [0.25, 0.3) is 6.20 Å². The van der Waals surface area contributed by atoms with Crippen molar-refractivity contribution in [2.45, 2.75) is 50.6 Å². The van der Waals surface area contributed by atoms with Gasteiger partial charge in [-0.25, -0.2) is 14.6 Å². The molecule has 4 heterocycles. The van der Waals surface area contributed by atoms with E-state index in [2.05, 4.69) is 42.3 Å². The van der Waals surface area contributed by atoms with Gasteiger partial charge in [-0.3, -0.25) is 19.8 Å². The van der Waals surface area contributed by atoms with Gasteiger partial charge in [-0.1, -0.05) is 29.8 Å². The lowest BCUT2D eigenvalue weighted by Crippen LogP contribution is -2.55. The van der Waals surface area contributed by atoms with E-state index in [4.69, 9.17) is 21.1 Å². The fourth-order valence-electron chi connectivity index (χ4n) is 8.79. The fraction of sp³-hybridized carbons (Fsp3) is 0.500. The smallest absolute Gasteiger partial charge is 0.274 e. The van der Waals surface area contributed by atoms with Gasteiger partial charge in [-0.05, 0) is 73.4 Å². The Balaban J connectivity index is 1.01. The molecule has 16 heteroatoms. The first-order valence-electron chi connectivity index (χ1n) is 19.3. The predicted octanol–water partition coefficient (Wildman–Crippen LogP) is 4.75. The van der Waals surface area contributed by atoms with Crippen molar-refractivity contribution in [1.82, 2.24) is 39.8 Å². The first kappa shape index (κ1) is 39.1. The number of anilines is 1. The number of benzene rings is 2. The summed E-state index contributed by atoms with van der Waals surface area (Å²) in [6.45, 7) is 5.40. The molecular weight excluding hydrogens is 736 g/mol. The van der Waals surface area contributed by atoms with Crippen molar-refractivity contribution in [3.05, 3.63) is 92.8 Å². The number of fused-ring (bicyclic) bond motifs is 3. The lowest BCUT2D eigenvalue weighted by Gasteiger charge is -2.52. The van der Waals surface area contributed by atoms with Crippen molar-refractivity contribution in [1.29, 1.82) is 0 Å². The van der Waals surface area contributed by atoms with Gasteiger partial charge in [0.15, 0.2) is 23.0 Å². The zero-order valence-electron chi connectivity index (χ0n) is 32.6. The third-order valence-corrected chi connectivity index (χ3v) is 12.1. The predicted molar refractivity (Wildman–Crippen MR) is 215 cm³/mol. The van der Waals surface area contributed by atoms with Crippen LogP contribution in [0, 0.1) is 16.0 Å². The van der Waals surface area contributed by atoms with Gasteiger partial charge in [-0.2, -0.15) is 5.10 Å². The van der Waals surface area contributed by atoms with Gasteiger partial charge in [0, 0.05) is 76.4 Å². The van der Waals surface area contributed by atoms with Crippen LogP contribution in [0.25, 0.3) is 11.0 Å². The van der Waals surface area contributed by atoms with Gasteiger partial charge >= 0.3 is 0 Å². The Hall–Kier alpha value is -5.15. The molecule has 0 unspecified atom stereocenters. The van der Waals surface area contributed by atoms with Crippen molar-refractivity contribution in [3.63, 3.8) is 0 Å². The highest BCUT2D eigenvalue weighted by Crippen LogP contribution is 2.50. The summed E-state index contributed by atoms with van der Waals surface area (Å²) in [7, 11) is 6.91. The molecule has 4 aromatic rings. The number of halogens is 1. The Labute approximate surface area is 332 Å². The monoisotopic (exact) mass is 786 g/mol. The van der Waals surface area contributed by atoms with Crippen LogP contribution in [0.4, 0.5) is 5.82 Å². The second-order valence-electron chi connectivity index (χ2n) is 15.0. The first-order valence-corrected chi connectivity index (χ1v) is 19.7. The van der Waals surface area contributed by atoms with Gasteiger partial charge in [0.1, 0.15) is 12.1 Å². The molecule has 2 fully saturated rings. The van der Waals surface area contributed by atoms with Crippen molar-refractivity contribution in [2.24, 2.45) is 5.92 Å². The second-order valence-corrected chi connectivity index (χ2v) is 15.4. The van der Waals surface area contributed by atoms with E-state index in [0.29, 0.717) is 55.9 Å². The lowest BCUT2D eigenvalue weighted by atomic mass is 9.68. The molecule has 1 aliphatic carbocycles. The minimum atomic E-state index is -0.434. The number of ether oxygens (including phenoxy) is 2. The van der Waals surface area contributed by atoms with E-state index in [1.54, 1.807) is 39.5 Å². The van der Waals surface area contributed by atoms with Crippen LogP contribution in [0.1, 0.15) is 48.8 Å². The van der Waals surface area contributed by atoms with E-state index in [-0.39, 0.29) is 17.4 Å².